The van der Waals surface area contributed by atoms with Gasteiger partial charge in [-0.1, -0.05) is 12.1 Å². The van der Waals surface area contributed by atoms with Crippen LogP contribution in [-0.4, -0.2) is 40.1 Å². The summed E-state index contributed by atoms with van der Waals surface area (Å²) in [6.07, 6.45) is 1.69. The van der Waals surface area contributed by atoms with Crippen molar-refractivity contribution in [2.45, 2.75) is 12.2 Å². The number of nitrogens with zero attached hydrogens (tertiary/aromatic N) is 3. The Morgan fingerprint density at radius 2 is 2.53 bits per heavy atom. The largest absolute Gasteiger partial charge is 0.409 e. The van der Waals surface area contributed by atoms with Gasteiger partial charge in [0, 0.05) is 35.9 Å². The molecule has 1 aliphatic rings. The minimum Gasteiger partial charge on any atom is -0.409 e. The number of amidine groups is 1. The fourth-order valence-corrected chi connectivity index (χ4v) is 2.85. The number of pyridine rings is 1. The van der Waals surface area contributed by atoms with Crippen LogP contribution in [0.1, 0.15) is 12.5 Å². The average molecular weight is 252 g/mol. The summed E-state index contributed by atoms with van der Waals surface area (Å²) in [6.45, 7) is 4.18. The van der Waals surface area contributed by atoms with Gasteiger partial charge in [0.25, 0.3) is 0 Å². The zero-order chi connectivity index (χ0) is 12.3. The summed E-state index contributed by atoms with van der Waals surface area (Å²) in [6, 6.07) is 3.60. The van der Waals surface area contributed by atoms with Crippen molar-refractivity contribution in [2.75, 3.05) is 23.7 Å². The second-order valence-corrected chi connectivity index (χ2v) is 5.56. The number of aromatic nitrogens is 1. The van der Waals surface area contributed by atoms with Crippen LogP contribution in [0.25, 0.3) is 0 Å². The molecule has 92 valence electrons. The molecular formula is C11H16N4OS. The van der Waals surface area contributed by atoms with Crippen molar-refractivity contribution in [2.24, 2.45) is 10.9 Å². The van der Waals surface area contributed by atoms with Crippen molar-refractivity contribution in [3.63, 3.8) is 0 Å². The highest BCUT2D eigenvalue weighted by atomic mass is 32.2. The molecule has 1 atom stereocenters. The van der Waals surface area contributed by atoms with E-state index in [1.54, 1.807) is 12.3 Å². The molecule has 5 nitrogen and oxygen atoms in total. The first-order valence-electron chi connectivity index (χ1n) is 5.51. The molecule has 2 heterocycles. The van der Waals surface area contributed by atoms with Crippen LogP contribution in [0.4, 0.5) is 5.82 Å². The van der Waals surface area contributed by atoms with Crippen molar-refractivity contribution < 1.29 is 5.21 Å². The van der Waals surface area contributed by atoms with Crippen LogP contribution in [0.2, 0.25) is 0 Å². The Labute approximate surface area is 105 Å². The van der Waals surface area contributed by atoms with E-state index in [0.717, 1.165) is 24.7 Å². The Bertz CT molecular complexity index is 424. The van der Waals surface area contributed by atoms with E-state index in [9.17, 15) is 0 Å². The quantitative estimate of drug-likeness (QED) is 0.357. The van der Waals surface area contributed by atoms with Crippen LogP contribution in [0.3, 0.4) is 0 Å². The standard InChI is InChI=1S/C11H16N4OS/c1-8-7-15(4-5-17-8)10-6-9(2-3-13-10)11(12)14-16/h2-3,6,8,16H,4-5,7H2,1H3,(H2,12,14). The molecule has 0 radical (unpaired) electrons. The Balaban J connectivity index is 2.21. The van der Waals surface area contributed by atoms with E-state index in [-0.39, 0.29) is 5.84 Å². The smallest absolute Gasteiger partial charge is 0.170 e. The molecule has 0 aliphatic carbocycles. The Hall–Kier alpha value is -1.43. The first-order valence-corrected chi connectivity index (χ1v) is 6.56. The van der Waals surface area contributed by atoms with Crippen LogP contribution < -0.4 is 10.6 Å². The average Bonchev–Trinajstić information content (AvgIpc) is 2.38. The second kappa shape index (κ2) is 5.27. The van der Waals surface area contributed by atoms with Crippen molar-refractivity contribution in [3.8, 4) is 0 Å². The molecule has 0 saturated carbocycles. The van der Waals surface area contributed by atoms with Gasteiger partial charge in [0.15, 0.2) is 5.84 Å². The van der Waals surface area contributed by atoms with Gasteiger partial charge in [0.1, 0.15) is 5.82 Å². The first-order chi connectivity index (χ1) is 8.20. The first kappa shape index (κ1) is 12.0. The minimum atomic E-state index is 0.119. The van der Waals surface area contributed by atoms with Gasteiger partial charge in [0.05, 0.1) is 0 Å². The van der Waals surface area contributed by atoms with Crippen LogP contribution in [0.5, 0.6) is 0 Å². The van der Waals surface area contributed by atoms with Gasteiger partial charge in [0.2, 0.25) is 0 Å². The molecule has 0 aromatic carbocycles. The lowest BCUT2D eigenvalue weighted by molar-refractivity contribution is 0.318. The molecule has 2 rings (SSSR count). The van der Waals surface area contributed by atoms with E-state index >= 15 is 0 Å². The van der Waals surface area contributed by atoms with Gasteiger partial charge >= 0.3 is 0 Å². The van der Waals surface area contributed by atoms with E-state index in [2.05, 4.69) is 22.0 Å². The van der Waals surface area contributed by atoms with Crippen molar-refractivity contribution >= 4 is 23.4 Å². The van der Waals surface area contributed by atoms with Gasteiger partial charge in [-0.25, -0.2) is 4.98 Å². The molecule has 3 N–H and O–H groups in total. The summed E-state index contributed by atoms with van der Waals surface area (Å²) in [4.78, 5) is 6.57. The number of anilines is 1. The molecule has 1 aliphatic heterocycles. The lowest BCUT2D eigenvalue weighted by Crippen LogP contribution is -2.37. The molecule has 17 heavy (non-hydrogen) atoms. The number of hydrogen-bond donors (Lipinski definition) is 2. The fourth-order valence-electron chi connectivity index (χ4n) is 1.83. The number of nitrogens with two attached hydrogens (primary N) is 1. The highest BCUT2D eigenvalue weighted by Gasteiger charge is 2.18. The minimum absolute atomic E-state index is 0.119. The summed E-state index contributed by atoms with van der Waals surface area (Å²) >= 11 is 1.97. The maximum absolute atomic E-state index is 8.66. The Morgan fingerprint density at radius 3 is 3.24 bits per heavy atom. The monoisotopic (exact) mass is 252 g/mol. The van der Waals surface area contributed by atoms with Crippen molar-refractivity contribution in [3.05, 3.63) is 23.9 Å². The van der Waals surface area contributed by atoms with Crippen LogP contribution in [0, 0.1) is 0 Å². The number of thioether (sulfide) groups is 1. The summed E-state index contributed by atoms with van der Waals surface area (Å²) in [5.74, 6) is 2.12. The second-order valence-electron chi connectivity index (χ2n) is 4.02. The Kier molecular flexibility index (Phi) is 3.73. The van der Waals surface area contributed by atoms with Gasteiger partial charge in [-0.3, -0.25) is 0 Å². The summed E-state index contributed by atoms with van der Waals surface area (Å²) in [5, 5.41) is 12.3. The third kappa shape index (κ3) is 2.82. The lowest BCUT2D eigenvalue weighted by atomic mass is 10.2. The summed E-state index contributed by atoms with van der Waals surface area (Å²) in [7, 11) is 0. The van der Waals surface area contributed by atoms with E-state index < -0.39 is 0 Å². The highest BCUT2D eigenvalue weighted by molar-refractivity contribution is 8.00. The maximum atomic E-state index is 8.66. The van der Waals surface area contributed by atoms with E-state index in [1.165, 1.54) is 0 Å². The van der Waals surface area contributed by atoms with E-state index in [0.29, 0.717) is 10.8 Å². The van der Waals surface area contributed by atoms with Crippen LogP contribution >= 0.6 is 11.8 Å². The molecule has 1 unspecified atom stereocenters. The van der Waals surface area contributed by atoms with Gasteiger partial charge in [-0.05, 0) is 12.1 Å². The fraction of sp³-hybridized carbons (Fsp3) is 0.455. The predicted octanol–water partition coefficient (Wildman–Crippen LogP) is 1.12. The van der Waals surface area contributed by atoms with Gasteiger partial charge < -0.3 is 15.8 Å². The molecule has 0 bridgehead atoms. The van der Waals surface area contributed by atoms with Crippen molar-refractivity contribution in [1.29, 1.82) is 0 Å². The molecule has 0 spiro atoms. The molecule has 1 aromatic heterocycles. The molecule has 1 saturated heterocycles. The molecule has 1 aromatic rings. The topological polar surface area (TPSA) is 74.7 Å². The number of rotatable bonds is 2. The zero-order valence-corrected chi connectivity index (χ0v) is 10.5. The zero-order valence-electron chi connectivity index (χ0n) is 9.71. The van der Waals surface area contributed by atoms with Gasteiger partial charge in [-0.2, -0.15) is 11.8 Å². The van der Waals surface area contributed by atoms with E-state index in [4.69, 9.17) is 10.9 Å². The third-order valence-electron chi connectivity index (χ3n) is 2.71. The van der Waals surface area contributed by atoms with Gasteiger partial charge in [-0.15, -0.1) is 0 Å². The van der Waals surface area contributed by atoms with Crippen LogP contribution in [0.15, 0.2) is 23.5 Å². The Morgan fingerprint density at radius 1 is 1.71 bits per heavy atom. The van der Waals surface area contributed by atoms with E-state index in [1.807, 2.05) is 17.8 Å². The molecular weight excluding hydrogens is 236 g/mol. The summed E-state index contributed by atoms with van der Waals surface area (Å²) < 4.78 is 0. The summed E-state index contributed by atoms with van der Waals surface area (Å²) in [5.41, 5.74) is 6.27. The van der Waals surface area contributed by atoms with Crippen LogP contribution in [-0.2, 0) is 0 Å². The predicted molar refractivity (Wildman–Crippen MR) is 70.9 cm³/mol. The molecule has 0 amide bonds. The maximum Gasteiger partial charge on any atom is 0.170 e. The highest BCUT2D eigenvalue weighted by Crippen LogP contribution is 2.22. The SMILES string of the molecule is CC1CN(c2cc(/C(N)=N/O)ccn2)CCS1. The molecule has 1 fully saturated rings. The number of oxime groups is 1. The third-order valence-corrected chi connectivity index (χ3v) is 3.85. The molecule has 6 heteroatoms. The van der Waals surface area contributed by atoms with Crippen molar-refractivity contribution in [1.82, 2.24) is 4.98 Å². The lowest BCUT2D eigenvalue weighted by Gasteiger charge is -2.31. The number of hydrogen-bond acceptors (Lipinski definition) is 5. The normalized spacial score (nSPS) is 21.6.